The standard InChI is InChI=1S/C11H17NO4S/c1-9(14)10-4-3-5-11(8-10)17(15,16)12(2)6-7-13/h3-5,8-9,13-14H,6-7H2,1-2H3. The second kappa shape index (κ2) is 5.59. The minimum Gasteiger partial charge on any atom is -0.395 e. The fraction of sp³-hybridized carbons (Fsp3) is 0.455. The average molecular weight is 259 g/mol. The number of rotatable bonds is 5. The molecular formula is C11H17NO4S. The Bertz CT molecular complexity index is 470. The van der Waals surface area contributed by atoms with Crippen LogP contribution >= 0.6 is 0 Å². The Hall–Kier alpha value is -0.950. The van der Waals surface area contributed by atoms with Crippen molar-refractivity contribution in [3.63, 3.8) is 0 Å². The van der Waals surface area contributed by atoms with Crippen molar-refractivity contribution in [1.82, 2.24) is 4.31 Å². The van der Waals surface area contributed by atoms with Gasteiger partial charge in [0.1, 0.15) is 0 Å². The maximum Gasteiger partial charge on any atom is 0.242 e. The van der Waals surface area contributed by atoms with Gasteiger partial charge in [-0.05, 0) is 24.6 Å². The van der Waals surface area contributed by atoms with E-state index in [0.29, 0.717) is 5.56 Å². The van der Waals surface area contributed by atoms with Gasteiger partial charge in [0.2, 0.25) is 10.0 Å². The van der Waals surface area contributed by atoms with Crippen LogP contribution in [0.5, 0.6) is 0 Å². The molecule has 1 atom stereocenters. The molecule has 0 amide bonds. The maximum atomic E-state index is 12.0. The molecular weight excluding hydrogens is 242 g/mol. The summed E-state index contributed by atoms with van der Waals surface area (Å²) in [6, 6.07) is 6.15. The van der Waals surface area contributed by atoms with E-state index in [1.54, 1.807) is 19.1 Å². The summed E-state index contributed by atoms with van der Waals surface area (Å²) in [5, 5.41) is 18.2. The van der Waals surface area contributed by atoms with Crippen LogP contribution in [-0.2, 0) is 10.0 Å². The Labute approximate surface area is 101 Å². The van der Waals surface area contributed by atoms with E-state index in [0.717, 1.165) is 4.31 Å². The largest absolute Gasteiger partial charge is 0.395 e. The Morgan fingerprint density at radius 1 is 1.41 bits per heavy atom. The molecule has 0 aliphatic carbocycles. The quantitative estimate of drug-likeness (QED) is 0.800. The first-order valence-corrected chi connectivity index (χ1v) is 6.69. The van der Waals surface area contributed by atoms with E-state index in [2.05, 4.69) is 0 Å². The Balaban J connectivity index is 3.11. The number of hydrogen-bond donors (Lipinski definition) is 2. The maximum absolute atomic E-state index is 12.0. The summed E-state index contributed by atoms with van der Waals surface area (Å²) >= 11 is 0. The van der Waals surface area contributed by atoms with E-state index in [-0.39, 0.29) is 18.0 Å². The number of likely N-dealkylation sites (N-methyl/N-ethyl adjacent to an activating group) is 1. The van der Waals surface area contributed by atoms with Crippen LogP contribution in [0.1, 0.15) is 18.6 Å². The van der Waals surface area contributed by atoms with E-state index in [4.69, 9.17) is 5.11 Å². The molecule has 0 saturated heterocycles. The molecule has 0 saturated carbocycles. The van der Waals surface area contributed by atoms with Gasteiger partial charge in [-0.2, -0.15) is 4.31 Å². The zero-order chi connectivity index (χ0) is 13.1. The van der Waals surface area contributed by atoms with Crippen LogP contribution in [0.2, 0.25) is 0 Å². The molecule has 6 heteroatoms. The van der Waals surface area contributed by atoms with Gasteiger partial charge in [-0.3, -0.25) is 0 Å². The van der Waals surface area contributed by atoms with Crippen molar-refractivity contribution in [1.29, 1.82) is 0 Å². The zero-order valence-corrected chi connectivity index (χ0v) is 10.7. The van der Waals surface area contributed by atoms with Crippen molar-refractivity contribution >= 4 is 10.0 Å². The number of hydrogen-bond acceptors (Lipinski definition) is 4. The van der Waals surface area contributed by atoms with Gasteiger partial charge in [0.05, 0.1) is 17.6 Å². The molecule has 0 bridgehead atoms. The highest BCUT2D eigenvalue weighted by Gasteiger charge is 2.20. The first kappa shape index (κ1) is 14.1. The third-order valence-electron chi connectivity index (χ3n) is 2.46. The molecule has 1 aromatic rings. The summed E-state index contributed by atoms with van der Waals surface area (Å²) in [6.07, 6.45) is -0.715. The molecule has 17 heavy (non-hydrogen) atoms. The minimum absolute atomic E-state index is 0.0429. The topological polar surface area (TPSA) is 77.8 Å². The number of nitrogens with zero attached hydrogens (tertiary/aromatic N) is 1. The molecule has 5 nitrogen and oxygen atoms in total. The lowest BCUT2D eigenvalue weighted by Gasteiger charge is -2.16. The SMILES string of the molecule is CC(O)c1cccc(S(=O)(=O)N(C)CCO)c1. The molecule has 1 unspecified atom stereocenters. The minimum atomic E-state index is -3.59. The number of aliphatic hydroxyl groups excluding tert-OH is 2. The normalized spacial score (nSPS) is 13.9. The van der Waals surface area contributed by atoms with Gasteiger partial charge in [-0.1, -0.05) is 12.1 Å². The lowest BCUT2D eigenvalue weighted by molar-refractivity contribution is 0.199. The summed E-state index contributed by atoms with van der Waals surface area (Å²) in [5.74, 6) is 0. The van der Waals surface area contributed by atoms with Gasteiger partial charge in [0.15, 0.2) is 0 Å². The highest BCUT2D eigenvalue weighted by Crippen LogP contribution is 2.19. The van der Waals surface area contributed by atoms with Crippen LogP contribution in [0, 0.1) is 0 Å². The van der Waals surface area contributed by atoms with Gasteiger partial charge < -0.3 is 10.2 Å². The van der Waals surface area contributed by atoms with E-state index in [1.165, 1.54) is 19.2 Å². The first-order chi connectivity index (χ1) is 7.89. The fourth-order valence-electron chi connectivity index (χ4n) is 1.38. The summed E-state index contributed by atoms with van der Waals surface area (Å²) < 4.78 is 25.1. The van der Waals surface area contributed by atoms with Crippen molar-refractivity contribution < 1.29 is 18.6 Å². The molecule has 0 aliphatic rings. The average Bonchev–Trinajstić information content (AvgIpc) is 2.29. The van der Waals surface area contributed by atoms with Crippen LogP contribution in [0.25, 0.3) is 0 Å². The summed E-state index contributed by atoms with van der Waals surface area (Å²) in [7, 11) is -2.19. The van der Waals surface area contributed by atoms with E-state index in [1.807, 2.05) is 0 Å². The van der Waals surface area contributed by atoms with E-state index < -0.39 is 16.1 Å². The van der Waals surface area contributed by atoms with Gasteiger partial charge in [-0.15, -0.1) is 0 Å². The molecule has 1 aromatic carbocycles. The Kier molecular flexibility index (Phi) is 4.64. The molecule has 0 heterocycles. The molecule has 2 N–H and O–H groups in total. The van der Waals surface area contributed by atoms with Gasteiger partial charge in [0, 0.05) is 13.6 Å². The van der Waals surface area contributed by atoms with Gasteiger partial charge in [-0.25, -0.2) is 8.42 Å². The summed E-state index contributed by atoms with van der Waals surface area (Å²) in [5.41, 5.74) is 0.545. The second-order valence-corrected chi connectivity index (χ2v) is 5.84. The van der Waals surface area contributed by atoms with Gasteiger partial charge in [0.25, 0.3) is 0 Å². The molecule has 96 valence electrons. The first-order valence-electron chi connectivity index (χ1n) is 5.25. The van der Waals surface area contributed by atoms with Gasteiger partial charge >= 0.3 is 0 Å². The predicted molar refractivity (Wildman–Crippen MR) is 64.0 cm³/mol. The van der Waals surface area contributed by atoms with E-state index in [9.17, 15) is 13.5 Å². The monoisotopic (exact) mass is 259 g/mol. The van der Waals surface area contributed by atoms with Crippen LogP contribution < -0.4 is 0 Å². The predicted octanol–water partition coefficient (Wildman–Crippen LogP) is 0.353. The van der Waals surface area contributed by atoms with Crippen molar-refractivity contribution in [2.24, 2.45) is 0 Å². The third-order valence-corrected chi connectivity index (χ3v) is 4.32. The lowest BCUT2D eigenvalue weighted by atomic mass is 10.1. The summed E-state index contributed by atoms with van der Waals surface area (Å²) in [4.78, 5) is 0.117. The Morgan fingerprint density at radius 2 is 2.06 bits per heavy atom. The van der Waals surface area contributed by atoms with Crippen molar-refractivity contribution in [3.8, 4) is 0 Å². The number of sulfonamides is 1. The molecule has 0 spiro atoms. The van der Waals surface area contributed by atoms with E-state index >= 15 is 0 Å². The lowest BCUT2D eigenvalue weighted by Crippen LogP contribution is -2.29. The molecule has 1 rings (SSSR count). The Morgan fingerprint density at radius 3 is 2.59 bits per heavy atom. The van der Waals surface area contributed by atoms with Crippen LogP contribution in [0.3, 0.4) is 0 Å². The van der Waals surface area contributed by atoms with Crippen LogP contribution in [-0.4, -0.2) is 43.1 Å². The number of benzene rings is 1. The van der Waals surface area contributed by atoms with Crippen molar-refractivity contribution in [3.05, 3.63) is 29.8 Å². The smallest absolute Gasteiger partial charge is 0.242 e. The molecule has 0 aliphatic heterocycles. The zero-order valence-electron chi connectivity index (χ0n) is 9.87. The fourth-order valence-corrected chi connectivity index (χ4v) is 2.59. The second-order valence-electron chi connectivity index (χ2n) is 3.80. The van der Waals surface area contributed by atoms with Crippen LogP contribution in [0.4, 0.5) is 0 Å². The highest BCUT2D eigenvalue weighted by molar-refractivity contribution is 7.89. The summed E-state index contributed by atoms with van der Waals surface area (Å²) in [6.45, 7) is 1.39. The molecule has 0 radical (unpaired) electrons. The van der Waals surface area contributed by atoms with Crippen molar-refractivity contribution in [2.75, 3.05) is 20.2 Å². The third kappa shape index (κ3) is 3.26. The number of aliphatic hydroxyl groups is 2. The molecule has 0 fully saturated rings. The highest BCUT2D eigenvalue weighted by atomic mass is 32.2. The van der Waals surface area contributed by atoms with Crippen LogP contribution in [0.15, 0.2) is 29.2 Å². The van der Waals surface area contributed by atoms with Crippen molar-refractivity contribution in [2.45, 2.75) is 17.9 Å². The molecule has 0 aromatic heterocycles.